The van der Waals surface area contributed by atoms with E-state index in [4.69, 9.17) is 18.9 Å². The van der Waals surface area contributed by atoms with Crippen LogP contribution in [0.15, 0.2) is 85.1 Å². The zero-order chi connectivity index (χ0) is 57.6. The van der Waals surface area contributed by atoms with Crippen LogP contribution in [0.3, 0.4) is 0 Å². The molecule has 0 fully saturated rings. The van der Waals surface area contributed by atoms with Gasteiger partial charge in [0, 0.05) is 12.8 Å². The summed E-state index contributed by atoms with van der Waals surface area (Å²) in [6.45, 7) is 4.64. The Morgan fingerprint density at radius 2 is 0.722 bits per heavy atom. The lowest BCUT2D eigenvalue weighted by Gasteiger charge is -2.26. The second-order valence-electron chi connectivity index (χ2n) is 23.0. The molecule has 0 heterocycles. The van der Waals surface area contributed by atoms with E-state index in [1.807, 2.05) is 21.1 Å². The molecule has 456 valence electrons. The molecule has 0 saturated heterocycles. The number of aliphatic carboxylic acids is 1. The molecule has 0 aromatic heterocycles. The van der Waals surface area contributed by atoms with Gasteiger partial charge < -0.3 is 33.3 Å². The average molecular weight is 1110 g/mol. The Bertz CT molecular complexity index is 1570. The van der Waals surface area contributed by atoms with Crippen LogP contribution in [-0.4, -0.2) is 82.3 Å². The summed E-state index contributed by atoms with van der Waals surface area (Å²) in [5.74, 6) is -2.28. The number of quaternary nitrogens is 1. The molecule has 0 aromatic rings. The summed E-state index contributed by atoms with van der Waals surface area (Å²) >= 11 is 0. The monoisotopic (exact) mass is 1110 g/mol. The Labute approximate surface area is 487 Å². The number of esters is 2. The minimum Gasteiger partial charge on any atom is -0.545 e. The molecule has 0 radical (unpaired) electrons. The first-order chi connectivity index (χ1) is 38.6. The molecule has 0 rings (SSSR count). The summed E-state index contributed by atoms with van der Waals surface area (Å²) in [7, 11) is 5.93. The summed E-state index contributed by atoms with van der Waals surface area (Å²) in [4.78, 5) is 37.4. The van der Waals surface area contributed by atoms with Crippen LogP contribution in [0.2, 0.25) is 0 Å². The van der Waals surface area contributed by atoms with Gasteiger partial charge in [-0.05, 0) is 89.9 Å². The van der Waals surface area contributed by atoms with Gasteiger partial charge in [0.05, 0.1) is 40.3 Å². The number of carboxylic acids is 1. The van der Waals surface area contributed by atoms with Crippen molar-refractivity contribution in [3.05, 3.63) is 85.1 Å². The maximum Gasteiger partial charge on any atom is 0.306 e. The first-order valence-electron chi connectivity index (χ1n) is 32.7. The van der Waals surface area contributed by atoms with Crippen molar-refractivity contribution in [3.8, 4) is 0 Å². The molecule has 2 unspecified atom stereocenters. The lowest BCUT2D eigenvalue weighted by atomic mass is 10.0. The number of carbonyl (C=O) groups is 3. The summed E-state index contributed by atoms with van der Waals surface area (Å²) < 4.78 is 22.8. The van der Waals surface area contributed by atoms with Gasteiger partial charge in [-0.15, -0.1) is 0 Å². The Balaban J connectivity index is 4.15. The van der Waals surface area contributed by atoms with E-state index < -0.39 is 24.3 Å². The van der Waals surface area contributed by atoms with Crippen molar-refractivity contribution in [2.45, 2.75) is 296 Å². The predicted octanol–water partition coefficient (Wildman–Crippen LogP) is 18.6. The van der Waals surface area contributed by atoms with Crippen LogP contribution in [-0.2, 0) is 33.3 Å². The summed E-state index contributed by atoms with van der Waals surface area (Å²) in [6.07, 6.45) is 77.9. The van der Waals surface area contributed by atoms with Gasteiger partial charge in [0.2, 0.25) is 0 Å². The highest BCUT2D eigenvalue weighted by Gasteiger charge is 2.22. The molecule has 0 aliphatic heterocycles. The van der Waals surface area contributed by atoms with Crippen molar-refractivity contribution in [2.75, 3.05) is 47.5 Å². The molecule has 0 aromatic carbocycles. The topological polar surface area (TPSA) is 111 Å². The van der Waals surface area contributed by atoms with Gasteiger partial charge in [0.1, 0.15) is 13.2 Å². The molecule has 0 aliphatic rings. The maximum atomic E-state index is 12.9. The van der Waals surface area contributed by atoms with Crippen molar-refractivity contribution in [1.29, 1.82) is 0 Å². The minimum atomic E-state index is -1.63. The van der Waals surface area contributed by atoms with Crippen molar-refractivity contribution in [2.24, 2.45) is 0 Å². The van der Waals surface area contributed by atoms with Crippen molar-refractivity contribution in [1.82, 2.24) is 0 Å². The molecule has 2 atom stereocenters. The van der Waals surface area contributed by atoms with E-state index in [-0.39, 0.29) is 38.6 Å². The number of carbonyl (C=O) groups excluding carboxylic acids is 3. The van der Waals surface area contributed by atoms with Crippen LogP contribution in [0.1, 0.15) is 284 Å². The summed E-state index contributed by atoms with van der Waals surface area (Å²) in [6, 6.07) is 0. The first kappa shape index (κ1) is 75.5. The smallest absolute Gasteiger partial charge is 0.306 e. The molecule has 0 spiro atoms. The number of carboxylic acid groups (broad SMARTS) is 1. The number of ether oxygens (including phenoxy) is 4. The zero-order valence-electron chi connectivity index (χ0n) is 52.0. The first-order valence-corrected chi connectivity index (χ1v) is 32.7. The molecular weight excluding hydrogens is 983 g/mol. The third kappa shape index (κ3) is 61.9. The second kappa shape index (κ2) is 60.6. The van der Waals surface area contributed by atoms with Crippen LogP contribution in [0.4, 0.5) is 0 Å². The molecule has 0 saturated carbocycles. The Morgan fingerprint density at radius 3 is 1.08 bits per heavy atom. The lowest BCUT2D eigenvalue weighted by Crippen LogP contribution is -2.44. The normalized spacial score (nSPS) is 13.3. The van der Waals surface area contributed by atoms with Crippen LogP contribution in [0, 0.1) is 0 Å². The number of rotatable bonds is 60. The van der Waals surface area contributed by atoms with Crippen LogP contribution in [0.5, 0.6) is 0 Å². The fraction of sp³-hybridized carbons (Fsp3) is 0.757. The maximum absolute atomic E-state index is 12.9. The highest BCUT2D eigenvalue weighted by atomic mass is 16.7. The number of allylic oxidation sites excluding steroid dienone is 14. The van der Waals surface area contributed by atoms with Crippen molar-refractivity contribution >= 4 is 17.9 Å². The Morgan fingerprint density at radius 1 is 0.392 bits per heavy atom. The van der Waals surface area contributed by atoms with Crippen LogP contribution < -0.4 is 5.11 Å². The van der Waals surface area contributed by atoms with E-state index >= 15 is 0 Å². The number of hydrogen-bond donors (Lipinski definition) is 0. The molecule has 0 bridgehead atoms. The zero-order valence-corrected chi connectivity index (χ0v) is 52.0. The highest BCUT2D eigenvalue weighted by Crippen LogP contribution is 2.17. The van der Waals surface area contributed by atoms with Gasteiger partial charge in [-0.1, -0.05) is 266 Å². The quantitative estimate of drug-likeness (QED) is 0.0195. The predicted molar refractivity (Wildman–Crippen MR) is 334 cm³/mol. The van der Waals surface area contributed by atoms with E-state index in [9.17, 15) is 19.5 Å². The molecule has 0 amide bonds. The van der Waals surface area contributed by atoms with Gasteiger partial charge in [-0.25, -0.2) is 0 Å². The van der Waals surface area contributed by atoms with E-state index in [0.29, 0.717) is 17.4 Å². The van der Waals surface area contributed by atoms with Gasteiger partial charge in [0.25, 0.3) is 0 Å². The third-order valence-corrected chi connectivity index (χ3v) is 14.1. The Hall–Kier alpha value is -3.53. The standard InChI is InChI=1S/C70H123NO8/c1-6-8-10-12-14-16-18-20-22-24-26-28-30-31-32-33-34-35-36-37-39-41-43-45-47-49-51-53-55-57-59-61-68(73)79-66(65-78-70(69(74)75)76-63-62-71(3,4)5)64-77-67(72)60-58-56-54-52-50-48-46-44-42-40-38-29-27-25-23-21-19-17-15-13-11-9-7-2/h8,10,14,16,19-22,25-28,38,40,66,70H,6-7,9,11-13,15,17-18,23-24,29-37,39,41-65H2,1-5H3/b10-8-,16-14-,21-19-,22-20-,27-25-,28-26-,40-38-. The molecule has 9 nitrogen and oxygen atoms in total. The average Bonchev–Trinajstić information content (AvgIpc) is 3.42. The van der Waals surface area contributed by atoms with Crippen molar-refractivity contribution < 1.29 is 42.9 Å². The van der Waals surface area contributed by atoms with Gasteiger partial charge in [-0.2, -0.15) is 0 Å². The summed E-state index contributed by atoms with van der Waals surface area (Å²) in [5, 5.41) is 11.8. The van der Waals surface area contributed by atoms with Crippen molar-refractivity contribution in [3.63, 3.8) is 0 Å². The number of nitrogens with zero attached hydrogens (tertiary/aromatic N) is 1. The number of likely N-dealkylation sites (N-methyl/N-ethyl adjacent to an activating group) is 1. The molecule has 0 N–H and O–H groups in total. The van der Waals surface area contributed by atoms with E-state index in [1.54, 1.807) is 0 Å². The Kier molecular flexibility index (Phi) is 57.9. The largest absolute Gasteiger partial charge is 0.545 e. The fourth-order valence-electron chi connectivity index (χ4n) is 9.12. The second-order valence-corrected chi connectivity index (χ2v) is 23.0. The van der Waals surface area contributed by atoms with Crippen LogP contribution >= 0.6 is 0 Å². The lowest BCUT2D eigenvalue weighted by molar-refractivity contribution is -0.870. The number of hydrogen-bond acceptors (Lipinski definition) is 8. The SMILES string of the molecule is CC/C=C\C/C=C\C/C=C\C/C=C\CCCCCCCCCCCCCCCCCCCCC(=O)OC(COC(=O)CCCCCCCCCC/C=C\C/C=C\C/C=C\CCCCCCC)COC(OCC[N+](C)(C)C)C(=O)[O-]. The van der Waals surface area contributed by atoms with Gasteiger partial charge in [-0.3, -0.25) is 9.59 Å². The highest BCUT2D eigenvalue weighted by molar-refractivity contribution is 5.70. The van der Waals surface area contributed by atoms with Gasteiger partial charge >= 0.3 is 11.9 Å². The fourth-order valence-corrected chi connectivity index (χ4v) is 9.12. The minimum absolute atomic E-state index is 0.144. The van der Waals surface area contributed by atoms with Crippen LogP contribution in [0.25, 0.3) is 0 Å². The third-order valence-electron chi connectivity index (χ3n) is 14.1. The summed E-state index contributed by atoms with van der Waals surface area (Å²) in [5.41, 5.74) is 0. The van der Waals surface area contributed by atoms with Gasteiger partial charge in [0.15, 0.2) is 12.4 Å². The van der Waals surface area contributed by atoms with E-state index in [0.717, 1.165) is 83.5 Å². The molecular formula is C70H123NO8. The molecule has 9 heteroatoms. The molecule has 79 heavy (non-hydrogen) atoms. The van der Waals surface area contributed by atoms with E-state index in [1.165, 1.54) is 167 Å². The molecule has 0 aliphatic carbocycles. The van der Waals surface area contributed by atoms with E-state index in [2.05, 4.69) is 98.9 Å². The number of unbranched alkanes of at least 4 members (excludes halogenated alkanes) is 31.